The fraction of sp³-hybridized carbons (Fsp3) is 0.417. The molecule has 2 heterocycles. The molecule has 0 aliphatic rings. The van der Waals surface area contributed by atoms with Crippen LogP contribution < -0.4 is 5.32 Å². The van der Waals surface area contributed by atoms with Crippen molar-refractivity contribution in [3.8, 4) is 0 Å². The van der Waals surface area contributed by atoms with E-state index in [4.69, 9.17) is 11.6 Å². The molecule has 1 unspecified atom stereocenters. The van der Waals surface area contributed by atoms with Crippen LogP contribution in [0, 0.1) is 0 Å². The summed E-state index contributed by atoms with van der Waals surface area (Å²) in [6.07, 6.45) is -4.73. The average molecular weight is 354 g/mol. The summed E-state index contributed by atoms with van der Waals surface area (Å²) in [5.41, 5.74) is -1.91. The van der Waals surface area contributed by atoms with E-state index < -0.39 is 41.2 Å². The number of amides is 1. The highest BCUT2D eigenvalue weighted by atomic mass is 35.5. The van der Waals surface area contributed by atoms with Gasteiger partial charge in [0.1, 0.15) is 17.4 Å². The van der Waals surface area contributed by atoms with Crippen molar-refractivity contribution in [1.82, 2.24) is 19.6 Å². The number of nitrogens with zero attached hydrogens (tertiary/aromatic N) is 4. The van der Waals surface area contributed by atoms with Crippen molar-refractivity contribution < 1.29 is 22.4 Å². The van der Waals surface area contributed by atoms with Crippen molar-refractivity contribution in [2.24, 2.45) is 7.05 Å². The number of carbonyl (C=O) groups excluding carboxylic acids is 1. The molecule has 0 bridgehead atoms. The summed E-state index contributed by atoms with van der Waals surface area (Å²) in [4.78, 5) is 12.1. The van der Waals surface area contributed by atoms with Crippen molar-refractivity contribution in [3.05, 3.63) is 28.7 Å². The van der Waals surface area contributed by atoms with E-state index in [0.717, 1.165) is 0 Å². The van der Waals surface area contributed by atoms with Gasteiger partial charge in [-0.05, 0) is 6.92 Å². The molecule has 0 radical (unpaired) electrons. The van der Waals surface area contributed by atoms with Crippen LogP contribution in [0.2, 0.25) is 5.02 Å². The summed E-state index contributed by atoms with van der Waals surface area (Å²) in [6, 6.07) is 0.199. The van der Waals surface area contributed by atoms with Gasteiger partial charge in [-0.15, -0.1) is 0 Å². The number of aromatic nitrogens is 4. The van der Waals surface area contributed by atoms with Crippen molar-refractivity contribution in [2.45, 2.75) is 25.8 Å². The van der Waals surface area contributed by atoms with E-state index in [1.807, 2.05) is 0 Å². The molecule has 0 spiro atoms. The minimum absolute atomic E-state index is 0.190. The van der Waals surface area contributed by atoms with Crippen LogP contribution in [0.1, 0.15) is 37.2 Å². The van der Waals surface area contributed by atoms with Gasteiger partial charge in [0.05, 0.1) is 5.02 Å². The number of hydrogen-bond donors (Lipinski definition) is 1. The fourth-order valence-corrected chi connectivity index (χ4v) is 2.19. The van der Waals surface area contributed by atoms with Gasteiger partial charge in [-0.2, -0.15) is 10.2 Å². The lowest BCUT2D eigenvalue weighted by molar-refractivity contribution is -0.119. The lowest BCUT2D eigenvalue weighted by Gasteiger charge is -2.14. The Balaban J connectivity index is 2.32. The maximum atomic E-state index is 13.1. The van der Waals surface area contributed by atoms with Gasteiger partial charge in [-0.1, -0.05) is 11.6 Å². The van der Waals surface area contributed by atoms with E-state index in [2.05, 4.69) is 15.5 Å². The number of halogens is 5. The quantitative estimate of drug-likeness (QED) is 0.838. The molecule has 0 aliphatic carbocycles. The van der Waals surface area contributed by atoms with Gasteiger partial charge in [0, 0.05) is 19.3 Å². The van der Waals surface area contributed by atoms with Crippen molar-refractivity contribution in [1.29, 1.82) is 0 Å². The second kappa shape index (κ2) is 6.57. The zero-order valence-electron chi connectivity index (χ0n) is 12.0. The van der Waals surface area contributed by atoms with Crippen molar-refractivity contribution in [2.75, 3.05) is 5.32 Å². The minimum atomic E-state index is -3.16. The molecular formula is C12H12ClF4N5O. The van der Waals surface area contributed by atoms with Crippen LogP contribution >= 0.6 is 11.6 Å². The molecule has 1 N–H and O–H groups in total. The minimum Gasteiger partial charge on any atom is -0.307 e. The molecule has 2 aromatic rings. The number of hydrogen-bond acceptors (Lipinski definition) is 3. The normalized spacial score (nSPS) is 12.9. The Morgan fingerprint density at radius 3 is 2.39 bits per heavy atom. The number of rotatable bonds is 5. The number of anilines is 1. The Kier molecular flexibility index (Phi) is 4.93. The molecule has 0 saturated heterocycles. The molecule has 6 nitrogen and oxygen atoms in total. The van der Waals surface area contributed by atoms with Gasteiger partial charge in [0.15, 0.2) is 5.82 Å². The summed E-state index contributed by atoms with van der Waals surface area (Å²) >= 11 is 5.54. The highest BCUT2D eigenvalue weighted by Crippen LogP contribution is 2.36. The number of carbonyl (C=O) groups is 1. The lowest BCUT2D eigenvalue weighted by Crippen LogP contribution is -2.26. The molecule has 2 aromatic heterocycles. The maximum absolute atomic E-state index is 13.1. The monoisotopic (exact) mass is 353 g/mol. The van der Waals surface area contributed by atoms with Crippen LogP contribution in [0.3, 0.4) is 0 Å². The first kappa shape index (κ1) is 17.3. The second-order valence-electron chi connectivity index (χ2n) is 4.67. The SMILES string of the molecule is CC(C(=O)Nc1ccn(C)n1)n1nc(C(F)F)c(Cl)c1C(F)F. The molecule has 0 aromatic carbocycles. The highest BCUT2D eigenvalue weighted by molar-refractivity contribution is 6.32. The Morgan fingerprint density at radius 2 is 1.91 bits per heavy atom. The molecule has 0 aliphatic heterocycles. The highest BCUT2D eigenvalue weighted by Gasteiger charge is 2.31. The van der Waals surface area contributed by atoms with E-state index in [1.54, 1.807) is 13.2 Å². The van der Waals surface area contributed by atoms with Crippen LogP contribution in [0.4, 0.5) is 23.4 Å². The molecule has 1 amide bonds. The molecule has 11 heteroatoms. The molecular weight excluding hydrogens is 342 g/mol. The average Bonchev–Trinajstić information content (AvgIpc) is 3.01. The smallest absolute Gasteiger partial charge is 0.283 e. The van der Waals surface area contributed by atoms with Gasteiger partial charge < -0.3 is 5.32 Å². The van der Waals surface area contributed by atoms with E-state index >= 15 is 0 Å². The number of nitrogens with one attached hydrogen (secondary N) is 1. The zero-order chi connectivity index (χ0) is 17.3. The van der Waals surface area contributed by atoms with E-state index in [-0.39, 0.29) is 5.82 Å². The van der Waals surface area contributed by atoms with E-state index in [1.165, 1.54) is 17.7 Å². The lowest BCUT2D eigenvalue weighted by atomic mass is 10.3. The molecule has 1 atom stereocenters. The van der Waals surface area contributed by atoms with Crippen LogP contribution in [0.15, 0.2) is 12.3 Å². The number of aryl methyl sites for hydroxylation is 1. The first-order valence-electron chi connectivity index (χ1n) is 6.37. The van der Waals surface area contributed by atoms with E-state index in [0.29, 0.717) is 4.68 Å². The summed E-state index contributed by atoms with van der Waals surface area (Å²) in [6.45, 7) is 1.24. The molecule has 23 heavy (non-hydrogen) atoms. The van der Waals surface area contributed by atoms with Gasteiger partial charge in [0.2, 0.25) is 5.91 Å². The molecule has 126 valence electrons. The fourth-order valence-electron chi connectivity index (χ4n) is 1.90. The summed E-state index contributed by atoms with van der Waals surface area (Å²) in [7, 11) is 1.62. The van der Waals surface area contributed by atoms with Crippen molar-refractivity contribution in [3.63, 3.8) is 0 Å². The number of alkyl halides is 4. The van der Waals surface area contributed by atoms with Crippen LogP contribution in [0.5, 0.6) is 0 Å². The first-order valence-corrected chi connectivity index (χ1v) is 6.74. The Morgan fingerprint density at radius 1 is 1.26 bits per heavy atom. The third-order valence-corrected chi connectivity index (χ3v) is 3.42. The second-order valence-corrected chi connectivity index (χ2v) is 5.05. The van der Waals surface area contributed by atoms with Crippen molar-refractivity contribution >= 4 is 23.3 Å². The molecule has 0 saturated carbocycles. The largest absolute Gasteiger partial charge is 0.307 e. The van der Waals surface area contributed by atoms with Gasteiger partial charge in [-0.25, -0.2) is 22.2 Å². The van der Waals surface area contributed by atoms with Crippen LogP contribution in [-0.2, 0) is 11.8 Å². The van der Waals surface area contributed by atoms with Gasteiger partial charge in [0.25, 0.3) is 12.9 Å². The Labute approximate surface area is 133 Å². The molecule has 2 rings (SSSR count). The van der Waals surface area contributed by atoms with Crippen LogP contribution in [-0.4, -0.2) is 25.5 Å². The standard InChI is InChI=1S/C12H12ClF4N5O/c1-5(12(23)18-6-3-4-21(2)19-6)22-9(11(16)17)7(13)8(20-22)10(14)15/h3-5,10-11H,1-2H3,(H,18,19,23). The zero-order valence-corrected chi connectivity index (χ0v) is 12.7. The summed E-state index contributed by atoms with van der Waals surface area (Å²) in [5, 5.41) is 8.80. The third kappa shape index (κ3) is 3.46. The van der Waals surface area contributed by atoms with Gasteiger partial charge in [-0.3, -0.25) is 9.48 Å². The van der Waals surface area contributed by atoms with Gasteiger partial charge >= 0.3 is 0 Å². The predicted molar refractivity (Wildman–Crippen MR) is 73.7 cm³/mol. The third-order valence-electron chi connectivity index (χ3n) is 3.04. The predicted octanol–water partition coefficient (Wildman–Crippen LogP) is 3.34. The topological polar surface area (TPSA) is 64.7 Å². The van der Waals surface area contributed by atoms with E-state index in [9.17, 15) is 22.4 Å². The van der Waals surface area contributed by atoms with Crippen LogP contribution in [0.25, 0.3) is 0 Å². The Hall–Kier alpha value is -2.10. The summed E-state index contributed by atoms with van der Waals surface area (Å²) < 4.78 is 53.7. The first-order chi connectivity index (χ1) is 10.7. The Bertz CT molecular complexity index is 714. The summed E-state index contributed by atoms with van der Waals surface area (Å²) in [5.74, 6) is -0.555. The maximum Gasteiger partial charge on any atom is 0.283 e. The molecule has 0 fully saturated rings.